The third-order valence-corrected chi connectivity index (χ3v) is 4.53. The van der Waals surface area contributed by atoms with Crippen molar-refractivity contribution in [1.82, 2.24) is 0 Å². The maximum atomic E-state index is 12.3. The fourth-order valence-electron chi connectivity index (χ4n) is 2.53. The molecule has 1 N–H and O–H groups in total. The summed E-state index contributed by atoms with van der Waals surface area (Å²) in [5.41, 5.74) is 1.48. The molecule has 4 nitrogen and oxygen atoms in total. The van der Waals surface area contributed by atoms with E-state index in [1.165, 1.54) is 0 Å². The maximum absolute atomic E-state index is 12.3. The second-order valence-electron chi connectivity index (χ2n) is 5.38. The second-order valence-corrected chi connectivity index (χ2v) is 6.73. The van der Waals surface area contributed by atoms with Crippen molar-refractivity contribution in [2.45, 2.75) is 6.42 Å². The molecule has 0 bridgehead atoms. The fraction of sp³-hybridized carbons (Fsp3) is 0.176. The average molecular weight is 394 g/mol. The van der Waals surface area contributed by atoms with E-state index in [2.05, 4.69) is 21.2 Å². The van der Waals surface area contributed by atoms with Gasteiger partial charge in [0.2, 0.25) is 11.8 Å². The molecule has 6 heteroatoms. The van der Waals surface area contributed by atoms with Crippen LogP contribution < -0.4 is 10.2 Å². The van der Waals surface area contributed by atoms with Crippen LogP contribution in [0.2, 0.25) is 5.02 Å². The van der Waals surface area contributed by atoms with E-state index in [-0.39, 0.29) is 24.2 Å². The van der Waals surface area contributed by atoms with Gasteiger partial charge in [0.25, 0.3) is 0 Å². The summed E-state index contributed by atoms with van der Waals surface area (Å²) in [6, 6.07) is 14.4. The Morgan fingerprint density at radius 2 is 1.78 bits per heavy atom. The Kier molecular flexibility index (Phi) is 4.68. The monoisotopic (exact) mass is 392 g/mol. The lowest BCUT2D eigenvalue weighted by Crippen LogP contribution is -2.28. The molecule has 118 valence electrons. The third kappa shape index (κ3) is 3.74. The van der Waals surface area contributed by atoms with E-state index in [0.717, 1.165) is 10.2 Å². The quantitative estimate of drug-likeness (QED) is 0.854. The zero-order valence-electron chi connectivity index (χ0n) is 12.1. The summed E-state index contributed by atoms with van der Waals surface area (Å²) in [5.74, 6) is -0.550. The van der Waals surface area contributed by atoms with Crippen LogP contribution in [-0.4, -0.2) is 18.4 Å². The Labute approximate surface area is 147 Å². The first-order valence-electron chi connectivity index (χ1n) is 7.15. The fourth-order valence-corrected chi connectivity index (χ4v) is 2.92. The minimum absolute atomic E-state index is 0.0384. The smallest absolute Gasteiger partial charge is 0.229 e. The lowest BCUT2D eigenvalue weighted by atomic mass is 10.1. The minimum atomic E-state index is -0.359. The number of benzene rings is 2. The van der Waals surface area contributed by atoms with Crippen molar-refractivity contribution < 1.29 is 9.59 Å². The molecule has 3 rings (SSSR count). The van der Waals surface area contributed by atoms with Gasteiger partial charge in [-0.25, -0.2) is 0 Å². The highest BCUT2D eigenvalue weighted by atomic mass is 79.9. The number of rotatable bonds is 3. The van der Waals surface area contributed by atoms with Crippen molar-refractivity contribution in [3.63, 3.8) is 0 Å². The predicted octanol–water partition coefficient (Wildman–Crippen LogP) is 4.09. The van der Waals surface area contributed by atoms with Crippen LogP contribution in [0.3, 0.4) is 0 Å². The molecule has 0 spiro atoms. The minimum Gasteiger partial charge on any atom is -0.326 e. The predicted molar refractivity (Wildman–Crippen MR) is 94.7 cm³/mol. The molecule has 1 atom stereocenters. The summed E-state index contributed by atoms with van der Waals surface area (Å²) in [4.78, 5) is 26.2. The van der Waals surface area contributed by atoms with Gasteiger partial charge in [-0.15, -0.1) is 0 Å². The third-order valence-electron chi connectivity index (χ3n) is 3.75. The van der Waals surface area contributed by atoms with E-state index >= 15 is 0 Å². The van der Waals surface area contributed by atoms with Crippen LogP contribution in [0.25, 0.3) is 0 Å². The van der Waals surface area contributed by atoms with E-state index in [4.69, 9.17) is 11.6 Å². The molecule has 0 aromatic heterocycles. The largest absolute Gasteiger partial charge is 0.326 e. The standard InChI is InChI=1S/C17H14BrClN2O2/c18-12-1-7-15(8-2-12)21-10-11(9-16(21)22)17(23)20-14-5-3-13(19)4-6-14/h1-8,11H,9-10H2,(H,20,23)/t11-/m1/s1. The normalized spacial score (nSPS) is 17.4. The lowest BCUT2D eigenvalue weighted by Gasteiger charge is -2.16. The first-order valence-corrected chi connectivity index (χ1v) is 8.32. The summed E-state index contributed by atoms with van der Waals surface area (Å²) >= 11 is 9.19. The van der Waals surface area contributed by atoms with Crippen molar-refractivity contribution in [3.05, 3.63) is 58.0 Å². The van der Waals surface area contributed by atoms with Crippen molar-refractivity contribution in [2.24, 2.45) is 5.92 Å². The molecule has 0 unspecified atom stereocenters. The van der Waals surface area contributed by atoms with Crippen LogP contribution >= 0.6 is 27.5 Å². The van der Waals surface area contributed by atoms with Gasteiger partial charge in [0, 0.05) is 33.8 Å². The Morgan fingerprint density at radius 1 is 1.13 bits per heavy atom. The topological polar surface area (TPSA) is 49.4 Å². The van der Waals surface area contributed by atoms with E-state index in [0.29, 0.717) is 17.3 Å². The Morgan fingerprint density at radius 3 is 2.43 bits per heavy atom. The number of halogens is 2. The van der Waals surface area contributed by atoms with Crippen molar-refractivity contribution in [2.75, 3.05) is 16.8 Å². The Balaban J connectivity index is 1.68. The molecule has 0 radical (unpaired) electrons. The molecule has 1 aliphatic heterocycles. The van der Waals surface area contributed by atoms with Crippen molar-refractivity contribution in [1.29, 1.82) is 0 Å². The molecule has 23 heavy (non-hydrogen) atoms. The second kappa shape index (κ2) is 6.72. The van der Waals surface area contributed by atoms with Gasteiger partial charge in [-0.1, -0.05) is 27.5 Å². The Bertz CT molecular complexity index is 731. The number of amides is 2. The highest BCUT2D eigenvalue weighted by Gasteiger charge is 2.35. The average Bonchev–Trinajstić information content (AvgIpc) is 2.92. The molecule has 1 fully saturated rings. The van der Waals surface area contributed by atoms with Crippen LogP contribution in [0.4, 0.5) is 11.4 Å². The zero-order valence-corrected chi connectivity index (χ0v) is 14.5. The molecule has 2 aromatic rings. The van der Waals surface area contributed by atoms with Gasteiger partial charge in [0.1, 0.15) is 0 Å². The van der Waals surface area contributed by atoms with Gasteiger partial charge in [-0.2, -0.15) is 0 Å². The summed E-state index contributed by atoms with van der Waals surface area (Å²) in [6.45, 7) is 0.389. The van der Waals surface area contributed by atoms with Crippen LogP contribution in [0, 0.1) is 5.92 Å². The van der Waals surface area contributed by atoms with Gasteiger partial charge < -0.3 is 10.2 Å². The highest BCUT2D eigenvalue weighted by Crippen LogP contribution is 2.27. The highest BCUT2D eigenvalue weighted by molar-refractivity contribution is 9.10. The summed E-state index contributed by atoms with van der Waals surface area (Å²) < 4.78 is 0.949. The molecule has 2 amide bonds. The molecule has 0 aliphatic carbocycles. The number of carbonyl (C=O) groups is 2. The first kappa shape index (κ1) is 16.0. The van der Waals surface area contributed by atoms with Gasteiger partial charge in [-0.05, 0) is 48.5 Å². The number of carbonyl (C=O) groups excluding carboxylic acids is 2. The number of nitrogens with zero attached hydrogens (tertiary/aromatic N) is 1. The van der Waals surface area contributed by atoms with Crippen LogP contribution in [0.1, 0.15) is 6.42 Å². The molecule has 2 aromatic carbocycles. The molecular weight excluding hydrogens is 380 g/mol. The van der Waals surface area contributed by atoms with Crippen LogP contribution in [-0.2, 0) is 9.59 Å². The van der Waals surface area contributed by atoms with Crippen LogP contribution in [0.5, 0.6) is 0 Å². The zero-order chi connectivity index (χ0) is 16.4. The van der Waals surface area contributed by atoms with Crippen molar-refractivity contribution >= 4 is 50.7 Å². The lowest BCUT2D eigenvalue weighted by molar-refractivity contribution is -0.122. The first-order chi connectivity index (χ1) is 11.0. The van der Waals surface area contributed by atoms with Gasteiger partial charge >= 0.3 is 0 Å². The van der Waals surface area contributed by atoms with Gasteiger partial charge in [0.05, 0.1) is 5.92 Å². The summed E-state index contributed by atoms with van der Waals surface area (Å²) in [7, 11) is 0. The number of hydrogen-bond acceptors (Lipinski definition) is 2. The van der Waals surface area contributed by atoms with Crippen molar-refractivity contribution in [3.8, 4) is 0 Å². The molecular formula is C17H14BrClN2O2. The summed E-state index contributed by atoms with van der Waals surface area (Å²) in [6.07, 6.45) is 0.218. The maximum Gasteiger partial charge on any atom is 0.229 e. The van der Waals surface area contributed by atoms with Crippen LogP contribution in [0.15, 0.2) is 53.0 Å². The summed E-state index contributed by atoms with van der Waals surface area (Å²) in [5, 5.41) is 3.44. The molecule has 1 heterocycles. The van der Waals surface area contributed by atoms with E-state index in [1.54, 1.807) is 29.2 Å². The van der Waals surface area contributed by atoms with E-state index < -0.39 is 0 Å². The molecule has 1 aliphatic rings. The van der Waals surface area contributed by atoms with Gasteiger partial charge in [0.15, 0.2) is 0 Å². The Hall–Kier alpha value is -1.85. The van der Waals surface area contributed by atoms with Gasteiger partial charge in [-0.3, -0.25) is 9.59 Å². The molecule has 0 saturated carbocycles. The molecule has 1 saturated heterocycles. The van der Waals surface area contributed by atoms with E-state index in [1.807, 2.05) is 24.3 Å². The number of anilines is 2. The number of hydrogen-bond donors (Lipinski definition) is 1. The number of nitrogens with one attached hydrogen (secondary N) is 1. The SMILES string of the molecule is O=C(Nc1ccc(Cl)cc1)[C@@H]1CC(=O)N(c2ccc(Br)cc2)C1. The van der Waals surface area contributed by atoms with E-state index in [9.17, 15) is 9.59 Å².